The summed E-state index contributed by atoms with van der Waals surface area (Å²) in [6.07, 6.45) is 1.26. The van der Waals surface area contributed by atoms with E-state index in [-0.39, 0.29) is 16.6 Å². The predicted octanol–water partition coefficient (Wildman–Crippen LogP) is 4.41. The molecule has 0 atom stereocenters. The Morgan fingerprint density at radius 2 is 1.75 bits per heavy atom. The molecule has 1 aliphatic carbocycles. The molecule has 0 aromatic carbocycles. The third kappa shape index (κ3) is 4.25. The molecule has 1 aromatic heterocycles. The Labute approximate surface area is 144 Å². The summed E-state index contributed by atoms with van der Waals surface area (Å²) in [6.45, 7) is 15.9. The number of Topliss-reactive ketones (excluding diaryl/α,β-unsaturated/α-hetero) is 1. The SMILES string of the molecule is CC(C)(C)Cc1nc2c(n1C(=O)OC(C)(C)C)CC(C)(C)CC2=O. The van der Waals surface area contributed by atoms with E-state index in [9.17, 15) is 9.59 Å². The van der Waals surface area contributed by atoms with Crippen molar-refractivity contribution in [2.45, 2.75) is 80.3 Å². The van der Waals surface area contributed by atoms with Gasteiger partial charge in [-0.15, -0.1) is 0 Å². The van der Waals surface area contributed by atoms with E-state index in [1.54, 1.807) is 4.57 Å². The molecule has 0 spiro atoms. The summed E-state index contributed by atoms with van der Waals surface area (Å²) < 4.78 is 7.13. The standard InChI is InChI=1S/C19H30N2O3/c1-17(2,3)11-14-20-15-12(9-19(7,8)10-13(15)22)21(14)16(23)24-18(4,5)6/h9-11H2,1-8H3. The van der Waals surface area contributed by atoms with E-state index in [1.165, 1.54) is 0 Å². The van der Waals surface area contributed by atoms with E-state index in [0.29, 0.717) is 36.5 Å². The van der Waals surface area contributed by atoms with Crippen molar-refractivity contribution in [3.8, 4) is 0 Å². The Balaban J connectivity index is 2.57. The van der Waals surface area contributed by atoms with Crippen LogP contribution in [0.5, 0.6) is 0 Å². The normalized spacial score (nSPS) is 17.6. The van der Waals surface area contributed by atoms with E-state index >= 15 is 0 Å². The molecule has 134 valence electrons. The number of ketones is 1. The molecule has 0 unspecified atom stereocenters. The van der Waals surface area contributed by atoms with E-state index in [2.05, 4.69) is 25.8 Å². The number of hydrogen-bond donors (Lipinski definition) is 0. The average molecular weight is 334 g/mol. The summed E-state index contributed by atoms with van der Waals surface area (Å²) >= 11 is 0. The molecule has 0 aliphatic heterocycles. The molecule has 24 heavy (non-hydrogen) atoms. The molecule has 0 radical (unpaired) electrons. The van der Waals surface area contributed by atoms with E-state index < -0.39 is 11.7 Å². The molecule has 0 fully saturated rings. The first-order valence-corrected chi connectivity index (χ1v) is 8.56. The molecule has 1 aliphatic rings. The fraction of sp³-hybridized carbons (Fsp3) is 0.737. The van der Waals surface area contributed by atoms with Crippen molar-refractivity contribution in [2.75, 3.05) is 0 Å². The van der Waals surface area contributed by atoms with Crippen LogP contribution in [-0.2, 0) is 17.6 Å². The number of rotatable bonds is 1. The lowest BCUT2D eigenvalue weighted by Gasteiger charge is -2.29. The van der Waals surface area contributed by atoms with Crippen LogP contribution in [0.4, 0.5) is 4.79 Å². The van der Waals surface area contributed by atoms with Crippen LogP contribution >= 0.6 is 0 Å². The fourth-order valence-electron chi connectivity index (χ4n) is 3.04. The first-order valence-electron chi connectivity index (χ1n) is 8.56. The molecule has 0 saturated carbocycles. The van der Waals surface area contributed by atoms with Crippen LogP contribution in [0.25, 0.3) is 0 Å². The number of carbonyl (C=O) groups excluding carboxylic acids is 2. The highest BCUT2D eigenvalue weighted by atomic mass is 16.6. The first-order chi connectivity index (χ1) is 10.7. The van der Waals surface area contributed by atoms with Crippen LogP contribution in [0.3, 0.4) is 0 Å². The van der Waals surface area contributed by atoms with Gasteiger partial charge in [0.05, 0.1) is 5.69 Å². The Morgan fingerprint density at radius 1 is 1.17 bits per heavy atom. The van der Waals surface area contributed by atoms with Crippen LogP contribution in [-0.4, -0.2) is 27.0 Å². The van der Waals surface area contributed by atoms with E-state index in [1.807, 2.05) is 34.6 Å². The molecule has 0 N–H and O–H groups in total. The zero-order chi connectivity index (χ0) is 18.5. The zero-order valence-electron chi connectivity index (χ0n) is 16.2. The Hall–Kier alpha value is -1.65. The van der Waals surface area contributed by atoms with Gasteiger partial charge in [-0.25, -0.2) is 14.3 Å². The average Bonchev–Trinajstić information content (AvgIpc) is 2.60. The van der Waals surface area contributed by atoms with Crippen LogP contribution in [0.15, 0.2) is 0 Å². The summed E-state index contributed by atoms with van der Waals surface area (Å²) in [5.41, 5.74) is 0.320. The van der Waals surface area contributed by atoms with Crippen LogP contribution in [0, 0.1) is 10.8 Å². The van der Waals surface area contributed by atoms with Crippen LogP contribution in [0.1, 0.15) is 83.8 Å². The fourth-order valence-corrected chi connectivity index (χ4v) is 3.04. The number of carbonyl (C=O) groups is 2. The molecule has 5 nitrogen and oxygen atoms in total. The Kier molecular flexibility index (Phi) is 4.45. The Morgan fingerprint density at radius 3 is 2.25 bits per heavy atom. The summed E-state index contributed by atoms with van der Waals surface area (Å²) in [4.78, 5) is 29.9. The smallest absolute Gasteiger partial charge is 0.420 e. The lowest BCUT2D eigenvalue weighted by atomic mass is 9.77. The van der Waals surface area contributed by atoms with Gasteiger partial charge in [-0.2, -0.15) is 0 Å². The second-order valence-electron chi connectivity index (χ2n) is 9.82. The molecule has 0 bridgehead atoms. The molecule has 2 rings (SSSR count). The number of imidazole rings is 1. The largest absolute Gasteiger partial charge is 0.443 e. The molecular weight excluding hydrogens is 304 g/mol. The van der Waals surface area contributed by atoms with Gasteiger partial charge in [-0.1, -0.05) is 34.6 Å². The number of aromatic nitrogens is 2. The van der Waals surface area contributed by atoms with Crippen molar-refractivity contribution >= 4 is 11.9 Å². The summed E-state index contributed by atoms with van der Waals surface area (Å²) in [7, 11) is 0. The van der Waals surface area contributed by atoms with Gasteiger partial charge in [-0.3, -0.25) is 4.79 Å². The number of fused-ring (bicyclic) bond motifs is 1. The third-order valence-electron chi connectivity index (χ3n) is 3.86. The highest BCUT2D eigenvalue weighted by Crippen LogP contribution is 2.36. The molecule has 1 aromatic rings. The van der Waals surface area contributed by atoms with Gasteiger partial charge in [0.15, 0.2) is 5.78 Å². The zero-order valence-corrected chi connectivity index (χ0v) is 16.2. The second kappa shape index (κ2) is 5.71. The van der Waals surface area contributed by atoms with Crippen molar-refractivity contribution in [1.82, 2.24) is 9.55 Å². The predicted molar refractivity (Wildman–Crippen MR) is 93.5 cm³/mol. The van der Waals surface area contributed by atoms with Crippen molar-refractivity contribution < 1.29 is 14.3 Å². The minimum atomic E-state index is -0.596. The quantitative estimate of drug-likeness (QED) is 0.763. The summed E-state index contributed by atoms with van der Waals surface area (Å²) in [6, 6.07) is 0. The van der Waals surface area contributed by atoms with Gasteiger partial charge in [0, 0.05) is 12.8 Å². The number of nitrogens with zero attached hydrogens (tertiary/aromatic N) is 2. The van der Waals surface area contributed by atoms with Crippen molar-refractivity contribution in [1.29, 1.82) is 0 Å². The highest BCUT2D eigenvalue weighted by molar-refractivity contribution is 5.98. The monoisotopic (exact) mass is 334 g/mol. The van der Waals surface area contributed by atoms with Crippen molar-refractivity contribution in [3.63, 3.8) is 0 Å². The maximum atomic E-state index is 12.8. The molecule has 0 saturated heterocycles. The highest BCUT2D eigenvalue weighted by Gasteiger charge is 2.38. The second-order valence-corrected chi connectivity index (χ2v) is 9.82. The minimum absolute atomic E-state index is 0.0127. The third-order valence-corrected chi connectivity index (χ3v) is 3.86. The first kappa shape index (κ1) is 18.7. The van der Waals surface area contributed by atoms with Crippen LogP contribution in [0.2, 0.25) is 0 Å². The number of hydrogen-bond acceptors (Lipinski definition) is 4. The van der Waals surface area contributed by atoms with E-state index in [4.69, 9.17) is 4.74 Å². The Bertz CT molecular complexity index is 670. The maximum Gasteiger partial charge on any atom is 0.420 e. The topological polar surface area (TPSA) is 61.2 Å². The van der Waals surface area contributed by atoms with Crippen molar-refractivity contribution in [2.24, 2.45) is 10.8 Å². The van der Waals surface area contributed by atoms with Crippen molar-refractivity contribution in [3.05, 3.63) is 17.2 Å². The maximum absolute atomic E-state index is 12.8. The van der Waals surface area contributed by atoms with E-state index in [0.717, 1.165) is 0 Å². The van der Waals surface area contributed by atoms with Gasteiger partial charge in [0.2, 0.25) is 0 Å². The van der Waals surface area contributed by atoms with Gasteiger partial charge >= 0.3 is 6.09 Å². The minimum Gasteiger partial charge on any atom is -0.443 e. The summed E-state index contributed by atoms with van der Waals surface area (Å²) in [5, 5.41) is 0. The van der Waals surface area contributed by atoms with Gasteiger partial charge in [0.25, 0.3) is 0 Å². The lowest BCUT2D eigenvalue weighted by molar-refractivity contribution is 0.0522. The molecule has 0 amide bonds. The summed E-state index contributed by atoms with van der Waals surface area (Å²) in [5.74, 6) is 0.631. The molecular formula is C19H30N2O3. The molecule has 5 heteroatoms. The lowest BCUT2D eigenvalue weighted by Crippen LogP contribution is -2.33. The number of ether oxygens (including phenoxy) is 1. The van der Waals surface area contributed by atoms with Gasteiger partial charge in [0.1, 0.15) is 17.1 Å². The van der Waals surface area contributed by atoms with Gasteiger partial charge < -0.3 is 4.74 Å². The molecule has 1 heterocycles. The van der Waals surface area contributed by atoms with Crippen LogP contribution < -0.4 is 0 Å². The van der Waals surface area contributed by atoms with Gasteiger partial charge in [-0.05, 0) is 38.0 Å².